The van der Waals surface area contributed by atoms with E-state index < -0.39 is 0 Å². The molecule has 0 heterocycles. The Morgan fingerprint density at radius 2 is 1.95 bits per heavy atom. The molecule has 1 aliphatic carbocycles. The first-order chi connectivity index (χ1) is 9.10. The second kappa shape index (κ2) is 5.95. The number of carbonyl (C=O) groups is 1. The molecule has 4 heteroatoms. The number of methoxy groups -OCH3 is 1. The van der Waals surface area contributed by atoms with Crippen molar-refractivity contribution < 1.29 is 14.3 Å². The second-order valence-electron chi connectivity index (χ2n) is 5.25. The van der Waals surface area contributed by atoms with E-state index in [9.17, 15) is 4.79 Å². The Morgan fingerprint density at radius 1 is 1.26 bits per heavy atom. The summed E-state index contributed by atoms with van der Waals surface area (Å²) >= 11 is 0. The molecule has 0 atom stereocenters. The minimum absolute atomic E-state index is 0.0230. The van der Waals surface area contributed by atoms with Gasteiger partial charge in [0.05, 0.1) is 7.11 Å². The highest BCUT2D eigenvalue weighted by molar-refractivity contribution is 5.93. The van der Waals surface area contributed by atoms with Gasteiger partial charge in [-0.2, -0.15) is 0 Å². The highest BCUT2D eigenvalue weighted by Crippen LogP contribution is 2.28. The molecule has 0 aliphatic heterocycles. The van der Waals surface area contributed by atoms with Crippen LogP contribution in [0, 0.1) is 5.92 Å². The summed E-state index contributed by atoms with van der Waals surface area (Å²) in [5.74, 6) is 0.893. The van der Waals surface area contributed by atoms with Crippen LogP contribution in [-0.4, -0.2) is 19.2 Å². The van der Waals surface area contributed by atoms with Crippen LogP contribution < -0.4 is 10.5 Å². The van der Waals surface area contributed by atoms with E-state index in [4.69, 9.17) is 15.2 Å². The van der Waals surface area contributed by atoms with Crippen molar-refractivity contribution in [2.75, 3.05) is 12.8 Å². The Kier molecular flexibility index (Phi) is 4.30. The number of hydrogen-bond donors (Lipinski definition) is 1. The molecule has 0 unspecified atom stereocenters. The summed E-state index contributed by atoms with van der Waals surface area (Å²) in [7, 11) is 1.53. The molecule has 0 spiro atoms. The molecule has 104 valence electrons. The van der Waals surface area contributed by atoms with Crippen molar-refractivity contribution in [2.45, 2.75) is 38.7 Å². The van der Waals surface area contributed by atoms with Crippen LogP contribution in [-0.2, 0) is 4.74 Å². The smallest absolute Gasteiger partial charge is 0.342 e. The van der Waals surface area contributed by atoms with Crippen molar-refractivity contribution in [1.82, 2.24) is 0 Å². The SMILES string of the molecule is COc1ccc(N)cc1C(=O)OC1CCC(C)CC1. The van der Waals surface area contributed by atoms with Gasteiger partial charge in [0.2, 0.25) is 0 Å². The number of nitrogen functional groups attached to an aromatic ring is 1. The predicted molar refractivity (Wildman–Crippen MR) is 74.2 cm³/mol. The monoisotopic (exact) mass is 263 g/mol. The summed E-state index contributed by atoms with van der Waals surface area (Å²) in [6.45, 7) is 2.24. The number of esters is 1. The van der Waals surface area contributed by atoms with Crippen LogP contribution in [0.5, 0.6) is 5.75 Å². The first kappa shape index (κ1) is 13.7. The van der Waals surface area contributed by atoms with E-state index in [-0.39, 0.29) is 12.1 Å². The fourth-order valence-electron chi connectivity index (χ4n) is 2.45. The van der Waals surface area contributed by atoms with Gasteiger partial charge in [-0.1, -0.05) is 6.92 Å². The van der Waals surface area contributed by atoms with Gasteiger partial charge in [0.15, 0.2) is 0 Å². The number of anilines is 1. The molecule has 1 saturated carbocycles. The van der Waals surface area contributed by atoms with E-state index in [2.05, 4.69) is 6.92 Å². The maximum absolute atomic E-state index is 12.2. The van der Waals surface area contributed by atoms with E-state index in [1.807, 2.05) is 0 Å². The van der Waals surface area contributed by atoms with E-state index in [0.717, 1.165) is 31.6 Å². The molecule has 1 aromatic carbocycles. The summed E-state index contributed by atoms with van der Waals surface area (Å²) in [6.07, 6.45) is 4.14. The topological polar surface area (TPSA) is 61.5 Å². The van der Waals surface area contributed by atoms with Crippen LogP contribution in [0.2, 0.25) is 0 Å². The first-order valence-corrected chi connectivity index (χ1v) is 6.74. The molecule has 0 saturated heterocycles. The first-order valence-electron chi connectivity index (χ1n) is 6.74. The Bertz CT molecular complexity index is 451. The molecule has 1 fully saturated rings. The number of ether oxygens (including phenoxy) is 2. The summed E-state index contributed by atoms with van der Waals surface area (Å²) in [4.78, 5) is 12.2. The maximum Gasteiger partial charge on any atom is 0.342 e. The van der Waals surface area contributed by atoms with Crippen molar-refractivity contribution in [1.29, 1.82) is 0 Å². The summed E-state index contributed by atoms with van der Waals surface area (Å²) in [5, 5.41) is 0. The minimum Gasteiger partial charge on any atom is -0.496 e. The molecule has 1 aliphatic rings. The van der Waals surface area contributed by atoms with Crippen LogP contribution in [0.3, 0.4) is 0 Å². The van der Waals surface area contributed by atoms with Crippen molar-refractivity contribution in [3.63, 3.8) is 0 Å². The Morgan fingerprint density at radius 3 is 2.58 bits per heavy atom. The quantitative estimate of drug-likeness (QED) is 0.672. The molecule has 1 aromatic rings. The molecule has 0 bridgehead atoms. The highest BCUT2D eigenvalue weighted by atomic mass is 16.5. The van der Waals surface area contributed by atoms with Gasteiger partial charge in [-0.05, 0) is 49.8 Å². The third-order valence-corrected chi connectivity index (χ3v) is 3.68. The van der Waals surface area contributed by atoms with Crippen LogP contribution in [0.4, 0.5) is 5.69 Å². The zero-order valence-corrected chi connectivity index (χ0v) is 11.5. The van der Waals surface area contributed by atoms with Crippen molar-refractivity contribution in [3.05, 3.63) is 23.8 Å². The number of hydrogen-bond acceptors (Lipinski definition) is 4. The lowest BCUT2D eigenvalue weighted by Crippen LogP contribution is -2.24. The third-order valence-electron chi connectivity index (χ3n) is 3.68. The second-order valence-corrected chi connectivity index (χ2v) is 5.25. The number of nitrogens with two attached hydrogens (primary N) is 1. The third kappa shape index (κ3) is 3.40. The molecular formula is C15H21NO3. The Hall–Kier alpha value is -1.71. The van der Waals surface area contributed by atoms with Gasteiger partial charge >= 0.3 is 5.97 Å². The minimum atomic E-state index is -0.344. The molecule has 0 amide bonds. The Balaban J connectivity index is 2.05. The molecule has 4 nitrogen and oxygen atoms in total. The average molecular weight is 263 g/mol. The molecule has 19 heavy (non-hydrogen) atoms. The lowest BCUT2D eigenvalue weighted by Gasteiger charge is -2.26. The molecular weight excluding hydrogens is 242 g/mol. The lowest BCUT2D eigenvalue weighted by atomic mass is 9.89. The summed E-state index contributed by atoms with van der Waals surface area (Å²) < 4.78 is 10.7. The maximum atomic E-state index is 12.2. The van der Waals surface area contributed by atoms with E-state index >= 15 is 0 Å². The van der Waals surface area contributed by atoms with Crippen LogP contribution >= 0.6 is 0 Å². The zero-order valence-electron chi connectivity index (χ0n) is 11.5. The van der Waals surface area contributed by atoms with Crippen LogP contribution in [0.15, 0.2) is 18.2 Å². The van der Waals surface area contributed by atoms with Gasteiger partial charge in [-0.25, -0.2) is 4.79 Å². The number of benzene rings is 1. The van der Waals surface area contributed by atoms with Gasteiger partial charge < -0.3 is 15.2 Å². The van der Waals surface area contributed by atoms with Crippen molar-refractivity contribution >= 4 is 11.7 Å². The number of rotatable bonds is 3. The molecule has 2 N–H and O–H groups in total. The fraction of sp³-hybridized carbons (Fsp3) is 0.533. The standard InChI is InChI=1S/C15H21NO3/c1-10-3-6-12(7-4-10)19-15(17)13-9-11(16)5-8-14(13)18-2/h5,8-10,12H,3-4,6-7,16H2,1-2H3. The van der Waals surface area contributed by atoms with E-state index in [0.29, 0.717) is 17.0 Å². The van der Waals surface area contributed by atoms with Gasteiger partial charge in [0.25, 0.3) is 0 Å². The molecule has 0 radical (unpaired) electrons. The van der Waals surface area contributed by atoms with Crippen LogP contribution in [0.25, 0.3) is 0 Å². The largest absolute Gasteiger partial charge is 0.496 e. The van der Waals surface area contributed by atoms with Gasteiger partial charge in [0.1, 0.15) is 17.4 Å². The Labute approximate surface area is 113 Å². The normalized spacial score (nSPS) is 22.8. The van der Waals surface area contributed by atoms with Gasteiger partial charge in [-0.3, -0.25) is 0 Å². The zero-order chi connectivity index (χ0) is 13.8. The van der Waals surface area contributed by atoms with Crippen molar-refractivity contribution in [3.8, 4) is 5.75 Å². The van der Waals surface area contributed by atoms with Crippen LogP contribution in [0.1, 0.15) is 43.0 Å². The lowest BCUT2D eigenvalue weighted by molar-refractivity contribution is 0.0171. The number of carbonyl (C=O) groups excluding carboxylic acids is 1. The summed E-state index contributed by atoms with van der Waals surface area (Å²) in [5.41, 5.74) is 6.64. The highest BCUT2D eigenvalue weighted by Gasteiger charge is 2.23. The van der Waals surface area contributed by atoms with E-state index in [1.54, 1.807) is 18.2 Å². The summed E-state index contributed by atoms with van der Waals surface area (Å²) in [6, 6.07) is 5.00. The molecule has 2 rings (SSSR count). The fourth-order valence-corrected chi connectivity index (χ4v) is 2.45. The van der Waals surface area contributed by atoms with Crippen molar-refractivity contribution in [2.24, 2.45) is 5.92 Å². The van der Waals surface area contributed by atoms with E-state index in [1.165, 1.54) is 7.11 Å². The molecule has 0 aromatic heterocycles. The predicted octanol–water partition coefficient (Wildman–Crippen LogP) is 3.01. The average Bonchev–Trinajstić information content (AvgIpc) is 2.41. The van der Waals surface area contributed by atoms with Gasteiger partial charge in [-0.15, -0.1) is 0 Å². The van der Waals surface area contributed by atoms with Gasteiger partial charge in [0, 0.05) is 5.69 Å².